The molecule has 6 nitrogen and oxygen atoms in total. The molecule has 3 heterocycles. The zero-order valence-corrected chi connectivity index (χ0v) is 17.2. The maximum atomic E-state index is 13.3. The number of nitrogens with zero attached hydrogens (tertiary/aromatic N) is 2. The molecule has 2 amide bonds. The van der Waals surface area contributed by atoms with Crippen molar-refractivity contribution in [2.45, 2.75) is 32.4 Å². The van der Waals surface area contributed by atoms with Gasteiger partial charge in [0.2, 0.25) is 5.91 Å². The van der Waals surface area contributed by atoms with Crippen molar-refractivity contribution in [1.29, 1.82) is 0 Å². The molecule has 2 atom stereocenters. The summed E-state index contributed by atoms with van der Waals surface area (Å²) in [6.45, 7) is 4.49. The summed E-state index contributed by atoms with van der Waals surface area (Å²) in [6, 6.07) is 14.4. The van der Waals surface area contributed by atoms with Crippen LogP contribution >= 0.6 is 11.3 Å². The predicted molar refractivity (Wildman–Crippen MR) is 111 cm³/mol. The first-order chi connectivity index (χ1) is 14.0. The molecule has 1 saturated heterocycles. The van der Waals surface area contributed by atoms with Crippen LogP contribution in [0.1, 0.15) is 42.4 Å². The number of thiophene rings is 1. The third-order valence-corrected chi connectivity index (χ3v) is 5.91. The number of piperazine rings is 1. The van der Waals surface area contributed by atoms with Crippen LogP contribution < -0.4 is 5.32 Å². The van der Waals surface area contributed by atoms with Gasteiger partial charge in [0, 0.05) is 12.6 Å². The molecule has 1 aliphatic rings. The average molecular weight is 410 g/mol. The Kier molecular flexibility index (Phi) is 5.49. The molecule has 2 aromatic heterocycles. The molecule has 150 valence electrons. The summed E-state index contributed by atoms with van der Waals surface area (Å²) in [6.07, 6.45) is 0.592. The van der Waals surface area contributed by atoms with E-state index in [0.717, 1.165) is 10.4 Å². The van der Waals surface area contributed by atoms with Crippen LogP contribution in [0.4, 0.5) is 0 Å². The zero-order valence-electron chi connectivity index (χ0n) is 16.4. The van der Waals surface area contributed by atoms with E-state index in [1.807, 2.05) is 61.7 Å². The van der Waals surface area contributed by atoms with Crippen molar-refractivity contribution in [2.75, 3.05) is 6.54 Å². The van der Waals surface area contributed by atoms with E-state index in [2.05, 4.69) is 10.5 Å². The Morgan fingerprint density at radius 2 is 2.07 bits per heavy atom. The van der Waals surface area contributed by atoms with E-state index >= 15 is 0 Å². The number of rotatable bonds is 5. The van der Waals surface area contributed by atoms with Gasteiger partial charge in [-0.05, 0) is 29.3 Å². The first-order valence-corrected chi connectivity index (χ1v) is 10.6. The highest BCUT2D eigenvalue weighted by atomic mass is 32.1. The minimum absolute atomic E-state index is 0.130. The molecule has 0 spiro atoms. The molecule has 3 aromatic rings. The quantitative estimate of drug-likeness (QED) is 0.687. The molecule has 0 saturated carbocycles. The summed E-state index contributed by atoms with van der Waals surface area (Å²) >= 11 is 1.52. The fraction of sp³-hybridized carbons (Fsp3) is 0.318. The van der Waals surface area contributed by atoms with Gasteiger partial charge in [-0.15, -0.1) is 11.3 Å². The molecule has 0 bridgehead atoms. The van der Waals surface area contributed by atoms with E-state index in [4.69, 9.17) is 4.52 Å². The first kappa shape index (κ1) is 19.4. The van der Waals surface area contributed by atoms with E-state index in [1.165, 1.54) is 11.3 Å². The molecular formula is C22H23N3O3S. The lowest BCUT2D eigenvalue weighted by Crippen LogP contribution is -2.58. The van der Waals surface area contributed by atoms with Crippen LogP contribution in [0, 0.1) is 5.92 Å². The van der Waals surface area contributed by atoms with E-state index in [1.54, 1.807) is 11.0 Å². The Balaban J connectivity index is 1.63. The largest absolute Gasteiger partial charge is 0.355 e. The van der Waals surface area contributed by atoms with Gasteiger partial charge in [-0.25, -0.2) is 0 Å². The molecule has 1 N–H and O–H groups in total. The fourth-order valence-corrected chi connectivity index (χ4v) is 4.29. The summed E-state index contributed by atoms with van der Waals surface area (Å²) < 4.78 is 5.39. The van der Waals surface area contributed by atoms with E-state index < -0.39 is 6.04 Å². The van der Waals surface area contributed by atoms with Gasteiger partial charge in [-0.1, -0.05) is 55.4 Å². The molecule has 29 heavy (non-hydrogen) atoms. The van der Waals surface area contributed by atoms with E-state index in [-0.39, 0.29) is 29.5 Å². The summed E-state index contributed by atoms with van der Waals surface area (Å²) in [4.78, 5) is 28.8. The van der Waals surface area contributed by atoms with Crippen LogP contribution in [0.5, 0.6) is 0 Å². The van der Waals surface area contributed by atoms with E-state index in [9.17, 15) is 9.59 Å². The molecule has 7 heteroatoms. The van der Waals surface area contributed by atoms with E-state index in [0.29, 0.717) is 18.7 Å². The number of carbonyl (C=O) groups is 2. The number of carbonyl (C=O) groups excluding carboxylic acids is 2. The van der Waals surface area contributed by atoms with Crippen LogP contribution in [0.25, 0.3) is 10.6 Å². The van der Waals surface area contributed by atoms with Crippen molar-refractivity contribution in [3.8, 4) is 10.6 Å². The van der Waals surface area contributed by atoms with Crippen molar-refractivity contribution in [2.24, 2.45) is 5.92 Å². The van der Waals surface area contributed by atoms with Crippen molar-refractivity contribution in [1.82, 2.24) is 15.4 Å². The van der Waals surface area contributed by atoms with Crippen molar-refractivity contribution in [3.05, 3.63) is 65.2 Å². The number of nitrogens with one attached hydrogen (secondary N) is 1. The highest BCUT2D eigenvalue weighted by molar-refractivity contribution is 7.13. The van der Waals surface area contributed by atoms with Crippen LogP contribution in [-0.2, 0) is 4.79 Å². The third kappa shape index (κ3) is 4.10. The SMILES string of the molecule is CC(C)CC1C(=O)NC(c2ccccc2)CN1C(=O)c1cc(-c2cccs2)on1. The molecule has 1 aromatic carbocycles. The fourth-order valence-electron chi connectivity index (χ4n) is 3.62. The van der Waals surface area contributed by atoms with Gasteiger partial charge in [-0.3, -0.25) is 9.59 Å². The number of hydrogen-bond acceptors (Lipinski definition) is 5. The lowest BCUT2D eigenvalue weighted by Gasteiger charge is -2.40. The second-order valence-corrected chi connectivity index (χ2v) is 8.58. The van der Waals surface area contributed by atoms with Crippen LogP contribution in [0.2, 0.25) is 0 Å². The minimum atomic E-state index is -0.524. The molecule has 1 aliphatic heterocycles. The Labute approximate surface area is 173 Å². The Morgan fingerprint density at radius 1 is 1.28 bits per heavy atom. The van der Waals surface area contributed by atoms with Gasteiger partial charge in [-0.2, -0.15) is 0 Å². The molecular weight excluding hydrogens is 386 g/mol. The molecule has 4 rings (SSSR count). The average Bonchev–Trinajstić information content (AvgIpc) is 3.41. The normalized spacial score (nSPS) is 19.4. The summed E-state index contributed by atoms with van der Waals surface area (Å²) in [5.74, 6) is 0.422. The van der Waals surface area contributed by atoms with Gasteiger partial charge in [0.15, 0.2) is 11.5 Å². The summed E-state index contributed by atoms with van der Waals surface area (Å²) in [5.41, 5.74) is 1.20. The van der Waals surface area contributed by atoms with Gasteiger partial charge in [0.05, 0.1) is 10.9 Å². The topological polar surface area (TPSA) is 75.4 Å². The van der Waals surface area contributed by atoms with Crippen molar-refractivity contribution in [3.63, 3.8) is 0 Å². The van der Waals surface area contributed by atoms with Gasteiger partial charge in [0.1, 0.15) is 6.04 Å². The smallest absolute Gasteiger partial charge is 0.276 e. The van der Waals surface area contributed by atoms with Crippen LogP contribution in [-0.4, -0.2) is 34.5 Å². The highest BCUT2D eigenvalue weighted by Gasteiger charge is 2.39. The Bertz CT molecular complexity index is 982. The zero-order chi connectivity index (χ0) is 20.4. The van der Waals surface area contributed by atoms with Crippen molar-refractivity contribution < 1.29 is 14.1 Å². The van der Waals surface area contributed by atoms with Crippen molar-refractivity contribution >= 4 is 23.2 Å². The second kappa shape index (κ2) is 8.21. The second-order valence-electron chi connectivity index (χ2n) is 7.63. The minimum Gasteiger partial charge on any atom is -0.355 e. The highest BCUT2D eigenvalue weighted by Crippen LogP contribution is 2.28. The maximum absolute atomic E-state index is 13.3. The molecule has 2 unspecified atom stereocenters. The Morgan fingerprint density at radius 3 is 2.76 bits per heavy atom. The Hall–Kier alpha value is -2.93. The van der Waals surface area contributed by atoms with Crippen LogP contribution in [0.3, 0.4) is 0 Å². The van der Waals surface area contributed by atoms with Gasteiger partial charge < -0.3 is 14.7 Å². The first-order valence-electron chi connectivity index (χ1n) is 9.70. The summed E-state index contributed by atoms with van der Waals surface area (Å²) in [7, 11) is 0. The third-order valence-electron chi connectivity index (χ3n) is 5.03. The predicted octanol–water partition coefficient (Wildman–Crippen LogP) is 4.13. The number of hydrogen-bond donors (Lipinski definition) is 1. The lowest BCUT2D eigenvalue weighted by atomic mass is 9.95. The van der Waals surface area contributed by atoms with Gasteiger partial charge in [0.25, 0.3) is 5.91 Å². The number of aromatic nitrogens is 1. The molecule has 1 fully saturated rings. The summed E-state index contributed by atoms with van der Waals surface area (Å²) in [5, 5.41) is 9.01. The lowest BCUT2D eigenvalue weighted by molar-refractivity contribution is -0.130. The molecule has 0 aliphatic carbocycles. The van der Waals surface area contributed by atoms with Gasteiger partial charge >= 0.3 is 0 Å². The number of benzene rings is 1. The number of amides is 2. The molecule has 0 radical (unpaired) electrons. The standard InChI is InChI=1S/C22H23N3O3S/c1-14(2)11-18-21(26)23-17(15-7-4-3-5-8-15)13-25(18)22(27)16-12-19(28-24-16)20-9-6-10-29-20/h3-10,12,14,17-18H,11,13H2,1-2H3,(H,23,26). The monoisotopic (exact) mass is 409 g/mol. The van der Waals surface area contributed by atoms with Crippen LogP contribution in [0.15, 0.2) is 58.4 Å². The maximum Gasteiger partial charge on any atom is 0.276 e.